The summed E-state index contributed by atoms with van der Waals surface area (Å²) < 4.78 is 0. The van der Waals surface area contributed by atoms with Crippen LogP contribution in [0.3, 0.4) is 0 Å². The molecule has 3 aromatic rings. The van der Waals surface area contributed by atoms with Gasteiger partial charge in [-0.3, -0.25) is 9.59 Å². The molecule has 2 aliphatic rings. The summed E-state index contributed by atoms with van der Waals surface area (Å²) in [6.45, 7) is 9.67. The summed E-state index contributed by atoms with van der Waals surface area (Å²) in [5, 5.41) is 0. The first kappa shape index (κ1) is 29.5. The molecule has 1 atom stereocenters. The van der Waals surface area contributed by atoms with Crippen molar-refractivity contribution in [2.45, 2.75) is 46.1 Å². The second kappa shape index (κ2) is 12.8. The number of aryl methyl sites for hydroxylation is 2. The lowest BCUT2D eigenvalue weighted by molar-refractivity contribution is -0.119. The number of para-hydroxylation sites is 1. The maximum atomic E-state index is 14.0. The lowest BCUT2D eigenvalue weighted by atomic mass is 9.84. The van der Waals surface area contributed by atoms with E-state index >= 15 is 0 Å². The molecule has 2 saturated heterocycles. The average Bonchev–Trinajstić information content (AvgIpc) is 2.96. The number of benzene rings is 2. The van der Waals surface area contributed by atoms with Crippen molar-refractivity contribution in [2.75, 3.05) is 42.5 Å². The maximum Gasteiger partial charge on any atom is 0.254 e. The van der Waals surface area contributed by atoms with Crippen LogP contribution in [0.2, 0.25) is 0 Å². The van der Waals surface area contributed by atoms with Gasteiger partial charge in [-0.2, -0.15) is 13.5 Å². The van der Waals surface area contributed by atoms with E-state index in [4.69, 9.17) is 5.73 Å². The van der Waals surface area contributed by atoms with Gasteiger partial charge in [-0.1, -0.05) is 30.3 Å². The molecule has 0 unspecified atom stereocenters. The summed E-state index contributed by atoms with van der Waals surface area (Å²) in [6, 6.07) is 17.5. The molecule has 8 heteroatoms. The van der Waals surface area contributed by atoms with E-state index < -0.39 is 11.9 Å². The molecular weight excluding hydrogens is 518 g/mol. The lowest BCUT2D eigenvalue weighted by Crippen LogP contribution is -2.59. The number of nitrogens with zero attached hydrogens (tertiary/aromatic N) is 4. The first-order valence-electron chi connectivity index (χ1n) is 14.0. The number of carbonyl (C=O) groups excluding carboxylic acids is 2. The van der Waals surface area contributed by atoms with E-state index in [0.717, 1.165) is 60.5 Å². The molecule has 40 heavy (non-hydrogen) atoms. The average molecular weight is 560 g/mol. The number of pyridine rings is 1. The van der Waals surface area contributed by atoms with Gasteiger partial charge in [0.25, 0.3) is 5.91 Å². The molecular formula is C32H41N5O2S. The topological polar surface area (TPSA) is 82.8 Å². The van der Waals surface area contributed by atoms with Crippen LogP contribution in [0.1, 0.15) is 45.5 Å². The maximum absolute atomic E-state index is 14.0. The van der Waals surface area contributed by atoms with Gasteiger partial charge in [0.1, 0.15) is 11.9 Å². The van der Waals surface area contributed by atoms with Gasteiger partial charge in [0, 0.05) is 43.6 Å². The number of rotatable bonds is 6. The van der Waals surface area contributed by atoms with Gasteiger partial charge in [-0.05, 0) is 92.5 Å². The van der Waals surface area contributed by atoms with Gasteiger partial charge in [0.2, 0.25) is 5.91 Å². The first-order chi connectivity index (χ1) is 18.8. The third-order valence-electron chi connectivity index (χ3n) is 8.51. The number of anilines is 2. The van der Waals surface area contributed by atoms with E-state index in [1.807, 2.05) is 65.4 Å². The highest BCUT2D eigenvalue weighted by atomic mass is 32.1. The Labute approximate surface area is 244 Å². The highest BCUT2D eigenvalue weighted by Crippen LogP contribution is 2.31. The molecule has 0 aliphatic carbocycles. The van der Waals surface area contributed by atoms with E-state index in [1.54, 1.807) is 0 Å². The van der Waals surface area contributed by atoms with Crippen LogP contribution in [0.5, 0.6) is 0 Å². The molecule has 7 nitrogen and oxygen atoms in total. The molecule has 2 aliphatic heterocycles. The molecule has 1 aromatic heterocycles. The molecule has 2 aromatic carbocycles. The van der Waals surface area contributed by atoms with Crippen molar-refractivity contribution in [3.8, 4) is 0 Å². The predicted octanol–water partition coefficient (Wildman–Crippen LogP) is 4.40. The number of piperidine rings is 1. The normalized spacial score (nSPS) is 17.9. The number of primary amides is 1. The van der Waals surface area contributed by atoms with E-state index in [2.05, 4.69) is 35.9 Å². The molecule has 0 spiro atoms. The van der Waals surface area contributed by atoms with Crippen LogP contribution in [0.25, 0.3) is 0 Å². The van der Waals surface area contributed by atoms with Crippen molar-refractivity contribution in [1.82, 2.24) is 9.88 Å². The highest BCUT2D eigenvalue weighted by molar-refractivity contribution is 7.59. The third kappa shape index (κ3) is 6.12. The fraction of sp³-hybridized carbons (Fsp3) is 0.406. The standard InChI is InChI=1S/C32H39N5O2.H2S/c1-22-19-23(2)30(24(3)27(22)20-25-12-15-35(16-13-25)29-11-7-8-14-34-29)32(39)36-17-18-37(28(21-36)31(33)38)26-9-5-4-6-10-26;/h4-11,14,19,25,28H,12-13,15-18,20-21H2,1-3H3,(H2,33,38);1H2/t28-;/m0./s1. The molecule has 2 amide bonds. The summed E-state index contributed by atoms with van der Waals surface area (Å²) in [4.78, 5) is 37.1. The van der Waals surface area contributed by atoms with E-state index in [0.29, 0.717) is 19.0 Å². The van der Waals surface area contributed by atoms with E-state index in [9.17, 15) is 9.59 Å². The molecule has 0 radical (unpaired) electrons. The Bertz CT molecular complexity index is 1330. The van der Waals surface area contributed by atoms with Crippen molar-refractivity contribution in [2.24, 2.45) is 11.7 Å². The van der Waals surface area contributed by atoms with Crippen molar-refractivity contribution in [3.63, 3.8) is 0 Å². The Kier molecular flexibility index (Phi) is 9.40. The first-order valence-corrected chi connectivity index (χ1v) is 14.0. The summed E-state index contributed by atoms with van der Waals surface area (Å²) in [5.74, 6) is 1.21. The lowest BCUT2D eigenvalue weighted by Gasteiger charge is -2.41. The van der Waals surface area contributed by atoms with Crippen molar-refractivity contribution in [1.29, 1.82) is 0 Å². The summed E-state index contributed by atoms with van der Waals surface area (Å²) >= 11 is 0. The van der Waals surface area contributed by atoms with Crippen molar-refractivity contribution >= 4 is 36.8 Å². The number of amides is 2. The van der Waals surface area contributed by atoms with Crippen LogP contribution in [-0.4, -0.2) is 60.5 Å². The molecule has 3 heterocycles. The zero-order valence-corrected chi connectivity index (χ0v) is 24.8. The zero-order chi connectivity index (χ0) is 27.5. The van der Waals surface area contributed by atoms with Gasteiger partial charge in [0.15, 0.2) is 0 Å². The van der Waals surface area contributed by atoms with Crippen molar-refractivity contribution < 1.29 is 9.59 Å². The Morgan fingerprint density at radius 2 is 1.62 bits per heavy atom. The molecule has 212 valence electrons. The fourth-order valence-corrected chi connectivity index (χ4v) is 6.36. The predicted molar refractivity (Wildman–Crippen MR) is 167 cm³/mol. The van der Waals surface area contributed by atoms with Crippen LogP contribution in [-0.2, 0) is 11.2 Å². The fourth-order valence-electron chi connectivity index (χ4n) is 6.36. The van der Waals surface area contributed by atoms with E-state index in [-0.39, 0.29) is 25.9 Å². The number of carbonyl (C=O) groups is 2. The largest absolute Gasteiger partial charge is 0.368 e. The third-order valence-corrected chi connectivity index (χ3v) is 8.51. The van der Waals surface area contributed by atoms with Gasteiger partial charge >= 0.3 is 0 Å². The number of piperazine rings is 1. The summed E-state index contributed by atoms with van der Waals surface area (Å²) in [7, 11) is 0. The number of hydrogen-bond acceptors (Lipinski definition) is 5. The summed E-state index contributed by atoms with van der Waals surface area (Å²) in [5.41, 5.74) is 12.2. The second-order valence-corrected chi connectivity index (χ2v) is 11.0. The Morgan fingerprint density at radius 3 is 2.27 bits per heavy atom. The minimum atomic E-state index is -0.556. The smallest absolute Gasteiger partial charge is 0.254 e. The van der Waals surface area contributed by atoms with Crippen LogP contribution in [0, 0.1) is 26.7 Å². The Hall–Kier alpha value is -3.52. The molecule has 0 saturated carbocycles. The number of aromatic nitrogens is 1. The Balaban J connectivity index is 0.00000370. The zero-order valence-electron chi connectivity index (χ0n) is 23.8. The van der Waals surface area contributed by atoms with Gasteiger partial charge < -0.3 is 20.4 Å². The van der Waals surface area contributed by atoms with Gasteiger partial charge in [-0.15, -0.1) is 0 Å². The monoisotopic (exact) mass is 559 g/mol. The Morgan fingerprint density at radius 1 is 0.925 bits per heavy atom. The van der Waals surface area contributed by atoms with Crippen LogP contribution in [0.15, 0.2) is 60.8 Å². The highest BCUT2D eigenvalue weighted by Gasteiger charge is 2.35. The summed E-state index contributed by atoms with van der Waals surface area (Å²) in [6.07, 6.45) is 5.04. The molecule has 2 fully saturated rings. The quantitative estimate of drug-likeness (QED) is 0.484. The second-order valence-electron chi connectivity index (χ2n) is 11.0. The van der Waals surface area contributed by atoms with E-state index in [1.165, 1.54) is 11.1 Å². The minimum absolute atomic E-state index is 0. The molecule has 5 rings (SSSR count). The SMILES string of the molecule is Cc1cc(C)c(C(=O)N2CCN(c3ccccc3)[C@H](C(N)=O)C2)c(C)c1CC1CCN(c2ccccn2)CC1.S. The van der Waals surface area contributed by atoms with Gasteiger partial charge in [0.05, 0.1) is 6.54 Å². The number of nitrogens with two attached hydrogens (primary N) is 1. The number of hydrogen-bond donors (Lipinski definition) is 1. The van der Waals surface area contributed by atoms with Crippen LogP contribution >= 0.6 is 13.5 Å². The molecule has 0 bridgehead atoms. The van der Waals surface area contributed by atoms with Crippen molar-refractivity contribution in [3.05, 3.63) is 88.6 Å². The minimum Gasteiger partial charge on any atom is -0.368 e. The molecule has 2 N–H and O–H groups in total. The van der Waals surface area contributed by atoms with Crippen LogP contribution in [0.4, 0.5) is 11.5 Å². The van der Waals surface area contributed by atoms with Gasteiger partial charge in [-0.25, -0.2) is 4.98 Å². The van der Waals surface area contributed by atoms with Crippen LogP contribution < -0.4 is 15.5 Å².